The summed E-state index contributed by atoms with van der Waals surface area (Å²) in [5.41, 5.74) is 3.70. The molecule has 0 bridgehead atoms. The molecule has 0 spiro atoms. The van der Waals surface area contributed by atoms with E-state index in [2.05, 4.69) is 95.9 Å². The Morgan fingerprint density at radius 3 is 1.83 bits per heavy atom. The second-order valence-corrected chi connectivity index (χ2v) is 6.99. The molecule has 1 nitrogen and oxygen atoms in total. The van der Waals surface area contributed by atoms with Crippen molar-refractivity contribution in [3.05, 3.63) is 91.0 Å². The van der Waals surface area contributed by atoms with Crippen LogP contribution in [0.1, 0.15) is 0 Å². The molecular formula is C22H15NS. The Bertz CT molecular complexity index is 1010. The van der Waals surface area contributed by atoms with Crippen LogP contribution >= 0.6 is 11.8 Å². The predicted octanol–water partition coefficient (Wildman–Crippen LogP) is 6.77. The standard InChI is InChI=1S/C22H15NS/c1-2-8-17-15-18(14-13-16(17)7-1)23-19-9-3-5-11-21(19)24-22-12-6-4-10-20(22)23/h1-15H. The lowest BCUT2D eigenvalue weighted by Gasteiger charge is -2.33. The maximum absolute atomic E-state index is 2.37. The zero-order valence-corrected chi connectivity index (χ0v) is 13.8. The highest BCUT2D eigenvalue weighted by Gasteiger charge is 2.24. The molecule has 0 aromatic heterocycles. The first kappa shape index (κ1) is 13.7. The molecule has 1 aliphatic heterocycles. The third-order valence-corrected chi connectivity index (χ3v) is 5.55. The van der Waals surface area contributed by atoms with E-state index in [1.165, 1.54) is 37.6 Å². The summed E-state index contributed by atoms with van der Waals surface area (Å²) in [6.45, 7) is 0. The minimum Gasteiger partial charge on any atom is -0.308 e. The summed E-state index contributed by atoms with van der Waals surface area (Å²) >= 11 is 1.84. The predicted molar refractivity (Wildman–Crippen MR) is 103 cm³/mol. The van der Waals surface area contributed by atoms with Gasteiger partial charge in [-0.3, -0.25) is 0 Å². The minimum absolute atomic E-state index is 1.20. The third kappa shape index (κ3) is 2.11. The topological polar surface area (TPSA) is 3.24 Å². The Labute approximate surface area is 145 Å². The van der Waals surface area contributed by atoms with Crippen molar-refractivity contribution in [2.75, 3.05) is 4.90 Å². The molecule has 1 heterocycles. The monoisotopic (exact) mass is 325 g/mol. The maximum atomic E-state index is 2.37. The fourth-order valence-electron chi connectivity index (χ4n) is 3.30. The first-order valence-corrected chi connectivity index (χ1v) is 8.87. The average molecular weight is 325 g/mol. The Balaban J connectivity index is 1.77. The van der Waals surface area contributed by atoms with Crippen molar-refractivity contribution in [1.29, 1.82) is 0 Å². The van der Waals surface area contributed by atoms with Crippen LogP contribution in [-0.4, -0.2) is 0 Å². The lowest BCUT2D eigenvalue weighted by Crippen LogP contribution is -2.14. The van der Waals surface area contributed by atoms with Gasteiger partial charge in [0.2, 0.25) is 0 Å². The van der Waals surface area contributed by atoms with E-state index >= 15 is 0 Å². The van der Waals surface area contributed by atoms with Crippen LogP contribution in [0.4, 0.5) is 17.1 Å². The highest BCUT2D eigenvalue weighted by molar-refractivity contribution is 7.99. The van der Waals surface area contributed by atoms with Crippen LogP contribution in [-0.2, 0) is 0 Å². The lowest BCUT2D eigenvalue weighted by atomic mass is 10.1. The molecule has 0 radical (unpaired) electrons. The molecule has 4 aromatic rings. The van der Waals surface area contributed by atoms with E-state index in [0.717, 1.165) is 0 Å². The SMILES string of the molecule is c1ccc2c(c1)Sc1ccccc1N2c1ccc2ccccc2c1. The number of hydrogen-bond donors (Lipinski definition) is 0. The number of hydrogen-bond acceptors (Lipinski definition) is 2. The van der Waals surface area contributed by atoms with Gasteiger partial charge < -0.3 is 4.90 Å². The van der Waals surface area contributed by atoms with Gasteiger partial charge in [-0.25, -0.2) is 0 Å². The number of rotatable bonds is 1. The van der Waals surface area contributed by atoms with Crippen LogP contribution in [0, 0.1) is 0 Å². The van der Waals surface area contributed by atoms with Crippen LogP contribution < -0.4 is 4.90 Å². The molecule has 0 amide bonds. The van der Waals surface area contributed by atoms with Gasteiger partial charge in [0.1, 0.15) is 0 Å². The normalized spacial score (nSPS) is 12.8. The molecule has 2 heteroatoms. The zero-order valence-electron chi connectivity index (χ0n) is 13.0. The summed E-state index contributed by atoms with van der Waals surface area (Å²) in [5.74, 6) is 0. The van der Waals surface area contributed by atoms with Gasteiger partial charge in [-0.05, 0) is 47.2 Å². The van der Waals surface area contributed by atoms with Gasteiger partial charge in [0.25, 0.3) is 0 Å². The van der Waals surface area contributed by atoms with Crippen molar-refractivity contribution in [1.82, 2.24) is 0 Å². The van der Waals surface area contributed by atoms with E-state index in [9.17, 15) is 0 Å². The lowest BCUT2D eigenvalue weighted by molar-refractivity contribution is 1.17. The van der Waals surface area contributed by atoms with Crippen molar-refractivity contribution in [2.45, 2.75) is 9.79 Å². The Kier molecular flexibility index (Phi) is 3.10. The van der Waals surface area contributed by atoms with Gasteiger partial charge in [0.15, 0.2) is 0 Å². The zero-order chi connectivity index (χ0) is 15.9. The number of nitrogens with zero attached hydrogens (tertiary/aromatic N) is 1. The Morgan fingerprint density at radius 1 is 0.542 bits per heavy atom. The summed E-state index contributed by atoms with van der Waals surface area (Å²) < 4.78 is 0. The third-order valence-electron chi connectivity index (χ3n) is 4.42. The first-order valence-electron chi connectivity index (χ1n) is 8.05. The Morgan fingerprint density at radius 2 is 1.12 bits per heavy atom. The van der Waals surface area contributed by atoms with E-state index in [1.807, 2.05) is 11.8 Å². The molecule has 0 saturated heterocycles. The fraction of sp³-hybridized carbons (Fsp3) is 0. The second kappa shape index (κ2) is 5.43. The van der Waals surface area contributed by atoms with Crippen molar-refractivity contribution in [3.8, 4) is 0 Å². The Hall–Kier alpha value is -2.71. The number of benzene rings is 4. The molecule has 114 valence electrons. The van der Waals surface area contributed by atoms with Gasteiger partial charge in [0.05, 0.1) is 11.4 Å². The number of para-hydroxylation sites is 2. The van der Waals surface area contributed by atoms with Gasteiger partial charge in [-0.15, -0.1) is 0 Å². The maximum Gasteiger partial charge on any atom is 0.0601 e. The van der Waals surface area contributed by atoms with Crippen molar-refractivity contribution >= 4 is 39.6 Å². The highest BCUT2D eigenvalue weighted by Crippen LogP contribution is 2.51. The van der Waals surface area contributed by atoms with Crippen LogP contribution in [0.15, 0.2) is 101 Å². The summed E-state index contributed by atoms with van der Waals surface area (Å²) in [7, 11) is 0. The van der Waals surface area contributed by atoms with Crippen LogP contribution in [0.5, 0.6) is 0 Å². The van der Waals surface area contributed by atoms with Gasteiger partial charge in [-0.1, -0.05) is 66.4 Å². The summed E-state index contributed by atoms with van der Waals surface area (Å²) in [5, 5.41) is 2.54. The van der Waals surface area contributed by atoms with E-state index < -0.39 is 0 Å². The molecule has 4 aromatic carbocycles. The molecule has 0 saturated carbocycles. The van der Waals surface area contributed by atoms with Crippen molar-refractivity contribution in [3.63, 3.8) is 0 Å². The van der Waals surface area contributed by atoms with E-state index in [1.54, 1.807) is 0 Å². The molecule has 0 fully saturated rings. The van der Waals surface area contributed by atoms with Gasteiger partial charge in [0, 0.05) is 15.5 Å². The second-order valence-electron chi connectivity index (χ2n) is 5.90. The van der Waals surface area contributed by atoms with Crippen LogP contribution in [0.25, 0.3) is 10.8 Å². The summed E-state index contributed by atoms with van der Waals surface area (Å²) in [4.78, 5) is 4.96. The largest absolute Gasteiger partial charge is 0.308 e. The molecule has 5 rings (SSSR count). The van der Waals surface area contributed by atoms with Crippen LogP contribution in [0.3, 0.4) is 0 Å². The van der Waals surface area contributed by atoms with Gasteiger partial charge in [-0.2, -0.15) is 0 Å². The molecular weight excluding hydrogens is 310 g/mol. The van der Waals surface area contributed by atoms with Crippen LogP contribution in [0.2, 0.25) is 0 Å². The van der Waals surface area contributed by atoms with E-state index in [0.29, 0.717) is 0 Å². The average Bonchev–Trinajstić information content (AvgIpc) is 2.65. The molecule has 1 aliphatic rings. The molecule has 0 atom stereocenters. The van der Waals surface area contributed by atoms with Crippen molar-refractivity contribution < 1.29 is 0 Å². The smallest absolute Gasteiger partial charge is 0.0601 e. The summed E-state index contributed by atoms with van der Waals surface area (Å²) in [6.07, 6.45) is 0. The van der Waals surface area contributed by atoms with Gasteiger partial charge >= 0.3 is 0 Å². The molecule has 0 N–H and O–H groups in total. The van der Waals surface area contributed by atoms with E-state index in [4.69, 9.17) is 0 Å². The highest BCUT2D eigenvalue weighted by atomic mass is 32.2. The minimum atomic E-state index is 1.20. The van der Waals surface area contributed by atoms with E-state index in [-0.39, 0.29) is 0 Å². The van der Waals surface area contributed by atoms with Crippen molar-refractivity contribution in [2.24, 2.45) is 0 Å². The summed E-state index contributed by atoms with van der Waals surface area (Å²) in [6, 6.07) is 32.5. The molecule has 0 aliphatic carbocycles. The number of anilines is 3. The quantitative estimate of drug-likeness (QED) is 0.334. The number of fused-ring (bicyclic) bond motifs is 3. The molecule has 24 heavy (non-hydrogen) atoms. The molecule has 0 unspecified atom stereocenters. The fourth-order valence-corrected chi connectivity index (χ4v) is 4.36. The first-order chi connectivity index (χ1) is 11.9.